The van der Waals surface area contributed by atoms with Gasteiger partial charge in [0.25, 0.3) is 0 Å². The molecule has 19 heavy (non-hydrogen) atoms. The molecule has 0 aliphatic heterocycles. The van der Waals surface area contributed by atoms with Gasteiger partial charge in [-0.2, -0.15) is 0 Å². The molecule has 2 aromatic rings. The zero-order valence-corrected chi connectivity index (χ0v) is 12.1. The molecule has 102 valence electrons. The standard InChI is InChI=1S/C14H17FN2OS/c1-8(16)12-6-11(15)4-5-13(12)18-7-14-17-9(2)10(3)19-14/h4-6,8H,7,16H2,1-3H3/t8-/m0/s1. The molecule has 1 aromatic heterocycles. The zero-order chi connectivity index (χ0) is 14.0. The van der Waals surface area contributed by atoms with Crippen LogP contribution in [0.5, 0.6) is 5.75 Å². The summed E-state index contributed by atoms with van der Waals surface area (Å²) in [5.41, 5.74) is 7.52. The van der Waals surface area contributed by atoms with Crippen LogP contribution >= 0.6 is 11.3 Å². The summed E-state index contributed by atoms with van der Waals surface area (Å²) in [6, 6.07) is 4.13. The fourth-order valence-corrected chi connectivity index (χ4v) is 2.59. The lowest BCUT2D eigenvalue weighted by atomic mass is 10.1. The topological polar surface area (TPSA) is 48.1 Å². The number of rotatable bonds is 4. The predicted molar refractivity (Wildman–Crippen MR) is 74.9 cm³/mol. The first kappa shape index (κ1) is 14.0. The van der Waals surface area contributed by atoms with E-state index in [0.29, 0.717) is 17.9 Å². The van der Waals surface area contributed by atoms with Gasteiger partial charge in [-0.15, -0.1) is 11.3 Å². The van der Waals surface area contributed by atoms with Crippen molar-refractivity contribution in [3.05, 3.63) is 45.2 Å². The Hall–Kier alpha value is -1.46. The monoisotopic (exact) mass is 280 g/mol. The molecule has 0 radical (unpaired) electrons. The molecule has 0 saturated carbocycles. The van der Waals surface area contributed by atoms with Crippen LogP contribution in [0.2, 0.25) is 0 Å². The third-order valence-corrected chi connectivity index (χ3v) is 3.93. The molecule has 0 unspecified atom stereocenters. The smallest absolute Gasteiger partial charge is 0.140 e. The lowest BCUT2D eigenvalue weighted by Gasteiger charge is -2.13. The summed E-state index contributed by atoms with van der Waals surface area (Å²) in [5, 5.41) is 0.912. The molecular formula is C14H17FN2OS. The number of hydrogen-bond donors (Lipinski definition) is 1. The minimum atomic E-state index is -0.305. The van der Waals surface area contributed by atoms with Crippen LogP contribution < -0.4 is 10.5 Å². The summed E-state index contributed by atoms with van der Waals surface area (Å²) in [6.45, 7) is 6.19. The van der Waals surface area contributed by atoms with Crippen LogP contribution in [0.25, 0.3) is 0 Å². The van der Waals surface area contributed by atoms with Crippen LogP contribution in [0.4, 0.5) is 4.39 Å². The fourth-order valence-electron chi connectivity index (χ4n) is 1.75. The second-order valence-electron chi connectivity index (χ2n) is 4.51. The number of benzene rings is 1. The molecule has 1 atom stereocenters. The SMILES string of the molecule is Cc1nc(COc2ccc(F)cc2[C@H](C)N)sc1C. The lowest BCUT2D eigenvalue weighted by Crippen LogP contribution is -2.08. The Balaban J connectivity index is 2.15. The van der Waals surface area contributed by atoms with Crippen LogP contribution in [0.15, 0.2) is 18.2 Å². The number of nitrogens with zero attached hydrogens (tertiary/aromatic N) is 1. The third kappa shape index (κ3) is 3.30. The molecule has 0 fully saturated rings. The minimum Gasteiger partial charge on any atom is -0.486 e. The molecule has 0 aliphatic rings. The van der Waals surface area contributed by atoms with Crippen molar-refractivity contribution in [1.29, 1.82) is 0 Å². The van der Waals surface area contributed by atoms with Gasteiger partial charge < -0.3 is 10.5 Å². The maximum atomic E-state index is 13.2. The molecule has 1 aromatic carbocycles. The molecule has 0 bridgehead atoms. The number of aromatic nitrogens is 1. The van der Waals surface area contributed by atoms with Crippen LogP contribution in [0.1, 0.15) is 34.1 Å². The molecule has 1 heterocycles. The van der Waals surface area contributed by atoms with Crippen molar-refractivity contribution >= 4 is 11.3 Å². The van der Waals surface area contributed by atoms with Gasteiger partial charge in [-0.3, -0.25) is 0 Å². The maximum absolute atomic E-state index is 13.2. The molecule has 2 rings (SSSR count). The quantitative estimate of drug-likeness (QED) is 0.932. The Morgan fingerprint density at radius 1 is 1.42 bits per heavy atom. The van der Waals surface area contributed by atoms with Crippen molar-refractivity contribution in [1.82, 2.24) is 4.98 Å². The highest BCUT2D eigenvalue weighted by Gasteiger charge is 2.11. The third-order valence-electron chi connectivity index (χ3n) is 2.89. The van der Waals surface area contributed by atoms with E-state index in [0.717, 1.165) is 10.7 Å². The Bertz CT molecular complexity index is 561. The average Bonchev–Trinajstić information content (AvgIpc) is 2.67. The van der Waals surface area contributed by atoms with E-state index >= 15 is 0 Å². The van der Waals surface area contributed by atoms with Gasteiger partial charge in [0.15, 0.2) is 0 Å². The van der Waals surface area contributed by atoms with Gasteiger partial charge in [-0.1, -0.05) is 0 Å². The van der Waals surface area contributed by atoms with Crippen molar-refractivity contribution in [2.24, 2.45) is 5.73 Å². The normalized spacial score (nSPS) is 12.5. The lowest BCUT2D eigenvalue weighted by molar-refractivity contribution is 0.300. The van der Waals surface area contributed by atoms with E-state index in [2.05, 4.69) is 4.98 Å². The summed E-state index contributed by atoms with van der Waals surface area (Å²) < 4.78 is 18.9. The van der Waals surface area contributed by atoms with E-state index in [4.69, 9.17) is 10.5 Å². The van der Waals surface area contributed by atoms with Crippen molar-refractivity contribution in [2.45, 2.75) is 33.4 Å². The summed E-state index contributed by atoms with van der Waals surface area (Å²) in [5.74, 6) is 0.308. The van der Waals surface area contributed by atoms with Crippen LogP contribution in [-0.2, 0) is 6.61 Å². The van der Waals surface area contributed by atoms with Gasteiger partial charge in [0.05, 0.1) is 5.69 Å². The minimum absolute atomic E-state index is 0.273. The Labute approximate surface area is 116 Å². The first-order valence-electron chi connectivity index (χ1n) is 6.08. The Kier molecular flexibility index (Phi) is 4.17. The van der Waals surface area contributed by atoms with E-state index in [9.17, 15) is 4.39 Å². The molecule has 3 nitrogen and oxygen atoms in total. The largest absolute Gasteiger partial charge is 0.486 e. The average molecular weight is 280 g/mol. The van der Waals surface area contributed by atoms with Gasteiger partial charge >= 0.3 is 0 Å². The zero-order valence-electron chi connectivity index (χ0n) is 11.2. The van der Waals surface area contributed by atoms with E-state index in [1.165, 1.54) is 17.0 Å². The molecular weight excluding hydrogens is 263 g/mol. The molecule has 0 saturated heterocycles. The molecule has 0 spiro atoms. The second kappa shape index (κ2) is 5.67. The molecule has 5 heteroatoms. The number of ether oxygens (including phenoxy) is 1. The number of hydrogen-bond acceptors (Lipinski definition) is 4. The van der Waals surface area contributed by atoms with Gasteiger partial charge in [-0.05, 0) is 39.0 Å². The van der Waals surface area contributed by atoms with E-state index in [-0.39, 0.29) is 11.9 Å². The Morgan fingerprint density at radius 2 is 2.16 bits per heavy atom. The van der Waals surface area contributed by atoms with Crippen LogP contribution in [-0.4, -0.2) is 4.98 Å². The number of aryl methyl sites for hydroxylation is 2. The van der Waals surface area contributed by atoms with E-state index in [1.54, 1.807) is 24.3 Å². The summed E-state index contributed by atoms with van der Waals surface area (Å²) in [6.07, 6.45) is 0. The number of nitrogens with two attached hydrogens (primary N) is 1. The van der Waals surface area contributed by atoms with Crippen molar-refractivity contribution < 1.29 is 9.13 Å². The summed E-state index contributed by atoms with van der Waals surface area (Å²) in [7, 11) is 0. The van der Waals surface area contributed by atoms with Crippen molar-refractivity contribution in [3.63, 3.8) is 0 Å². The highest BCUT2D eigenvalue weighted by molar-refractivity contribution is 7.11. The predicted octanol–water partition coefficient (Wildman–Crippen LogP) is 3.50. The van der Waals surface area contributed by atoms with Crippen molar-refractivity contribution in [2.75, 3.05) is 0 Å². The van der Waals surface area contributed by atoms with Gasteiger partial charge in [0, 0.05) is 16.5 Å². The molecule has 0 aliphatic carbocycles. The maximum Gasteiger partial charge on any atom is 0.140 e. The first-order chi connectivity index (χ1) is 8.97. The second-order valence-corrected chi connectivity index (χ2v) is 5.80. The van der Waals surface area contributed by atoms with Crippen LogP contribution in [0.3, 0.4) is 0 Å². The molecule has 2 N–H and O–H groups in total. The Morgan fingerprint density at radius 3 is 2.74 bits per heavy atom. The number of thiazole rings is 1. The summed E-state index contributed by atoms with van der Waals surface area (Å²) in [4.78, 5) is 5.59. The highest BCUT2D eigenvalue weighted by Crippen LogP contribution is 2.26. The van der Waals surface area contributed by atoms with Gasteiger partial charge in [0.1, 0.15) is 23.2 Å². The molecule has 0 amide bonds. The van der Waals surface area contributed by atoms with E-state index < -0.39 is 0 Å². The summed E-state index contributed by atoms with van der Waals surface area (Å²) >= 11 is 1.61. The van der Waals surface area contributed by atoms with Crippen molar-refractivity contribution in [3.8, 4) is 5.75 Å². The highest BCUT2D eigenvalue weighted by atomic mass is 32.1. The first-order valence-corrected chi connectivity index (χ1v) is 6.89. The number of halogens is 1. The van der Waals surface area contributed by atoms with E-state index in [1.807, 2.05) is 13.8 Å². The van der Waals surface area contributed by atoms with Crippen LogP contribution in [0, 0.1) is 19.7 Å². The fraction of sp³-hybridized carbons (Fsp3) is 0.357. The van der Waals surface area contributed by atoms with Gasteiger partial charge in [-0.25, -0.2) is 9.37 Å². The van der Waals surface area contributed by atoms with Gasteiger partial charge in [0.2, 0.25) is 0 Å².